The monoisotopic (exact) mass is 392 g/mol. The van der Waals surface area contributed by atoms with Crippen LogP contribution in [0.1, 0.15) is 5.56 Å². The Bertz CT molecular complexity index is 991. The third-order valence-electron chi connectivity index (χ3n) is 4.02. The van der Waals surface area contributed by atoms with E-state index in [4.69, 9.17) is 18.9 Å². The number of benzene rings is 2. The maximum absolute atomic E-state index is 12.5. The van der Waals surface area contributed by atoms with Crippen LogP contribution in [0.15, 0.2) is 54.6 Å². The van der Waals surface area contributed by atoms with Crippen molar-refractivity contribution in [2.45, 2.75) is 0 Å². The first kappa shape index (κ1) is 19.8. The highest BCUT2D eigenvalue weighted by molar-refractivity contribution is 6.09. The number of hydrogen-bond donors (Lipinski definition) is 1. The maximum atomic E-state index is 12.5. The molecule has 0 bridgehead atoms. The van der Waals surface area contributed by atoms with Gasteiger partial charge in [0.2, 0.25) is 0 Å². The number of carbonyl (C=O) groups excluding carboxylic acids is 1. The summed E-state index contributed by atoms with van der Waals surface area (Å²) in [6.07, 6.45) is 3.11. The number of methoxy groups -OCH3 is 1. The molecule has 2 aromatic carbocycles. The molecule has 0 saturated carbocycles. The third-order valence-corrected chi connectivity index (χ3v) is 4.02. The van der Waals surface area contributed by atoms with Crippen molar-refractivity contribution in [1.29, 1.82) is 5.26 Å². The van der Waals surface area contributed by atoms with E-state index in [1.54, 1.807) is 42.5 Å². The van der Waals surface area contributed by atoms with Crippen molar-refractivity contribution >= 4 is 17.7 Å². The van der Waals surface area contributed by atoms with E-state index in [1.807, 2.05) is 6.07 Å². The molecule has 0 aliphatic carbocycles. The summed E-state index contributed by atoms with van der Waals surface area (Å²) in [7, 11) is 1.52. The van der Waals surface area contributed by atoms with E-state index in [0.717, 1.165) is 0 Å². The average Bonchev–Trinajstić information content (AvgIpc) is 2.76. The summed E-state index contributed by atoms with van der Waals surface area (Å²) in [4.78, 5) is 12.5. The molecule has 148 valence electrons. The van der Waals surface area contributed by atoms with Crippen molar-refractivity contribution in [3.8, 4) is 29.1 Å². The van der Waals surface area contributed by atoms with Crippen LogP contribution in [0.5, 0.6) is 23.0 Å². The molecule has 1 heterocycles. The number of nitriles is 1. The molecule has 0 saturated heterocycles. The predicted molar refractivity (Wildman–Crippen MR) is 108 cm³/mol. The molecule has 7 nitrogen and oxygen atoms in total. The lowest BCUT2D eigenvalue weighted by atomic mass is 10.1. The molecule has 1 aliphatic heterocycles. The average molecular weight is 392 g/mol. The Hall–Kier alpha value is -3.92. The molecule has 1 aliphatic rings. The topological polar surface area (TPSA) is 89.8 Å². The highest BCUT2D eigenvalue weighted by atomic mass is 16.6. The zero-order chi connectivity index (χ0) is 20.6. The number of hydrogen-bond acceptors (Lipinski definition) is 6. The Morgan fingerprint density at radius 3 is 2.72 bits per heavy atom. The van der Waals surface area contributed by atoms with Crippen molar-refractivity contribution in [2.75, 3.05) is 32.2 Å². The van der Waals surface area contributed by atoms with Gasteiger partial charge in [0.05, 0.1) is 7.11 Å². The number of fused-ring (bicyclic) bond motifs is 1. The van der Waals surface area contributed by atoms with Gasteiger partial charge in [0.15, 0.2) is 23.0 Å². The SMILES string of the molecule is C=CCOc1ccc(/C=C(\C#N)C(=O)Nc2ccc3c(c2)OCCO3)cc1OC. The lowest BCUT2D eigenvalue weighted by Crippen LogP contribution is -2.17. The predicted octanol–water partition coefficient (Wildman–Crippen LogP) is 3.58. The number of nitrogens with zero attached hydrogens (tertiary/aromatic N) is 1. The first-order valence-electron chi connectivity index (χ1n) is 8.89. The molecule has 1 amide bonds. The van der Waals surface area contributed by atoms with Gasteiger partial charge in [-0.25, -0.2) is 0 Å². The Kier molecular flexibility index (Phi) is 6.38. The summed E-state index contributed by atoms with van der Waals surface area (Å²) >= 11 is 0. The van der Waals surface area contributed by atoms with E-state index in [2.05, 4.69) is 11.9 Å². The van der Waals surface area contributed by atoms with Gasteiger partial charge < -0.3 is 24.3 Å². The van der Waals surface area contributed by atoms with E-state index in [0.29, 0.717) is 54.1 Å². The molecule has 7 heteroatoms. The second kappa shape index (κ2) is 9.33. The fourth-order valence-electron chi connectivity index (χ4n) is 2.68. The highest BCUT2D eigenvalue weighted by Gasteiger charge is 2.15. The molecule has 0 fully saturated rings. The quantitative estimate of drug-likeness (QED) is 0.440. The van der Waals surface area contributed by atoms with Crippen molar-refractivity contribution in [1.82, 2.24) is 0 Å². The smallest absolute Gasteiger partial charge is 0.266 e. The number of nitrogens with one attached hydrogen (secondary N) is 1. The van der Waals surface area contributed by atoms with Gasteiger partial charge in [-0.3, -0.25) is 4.79 Å². The summed E-state index contributed by atoms with van der Waals surface area (Å²) in [5.74, 6) is 1.68. The zero-order valence-electron chi connectivity index (χ0n) is 15.9. The Morgan fingerprint density at radius 1 is 1.21 bits per heavy atom. The molecule has 3 rings (SSSR count). The van der Waals surface area contributed by atoms with E-state index < -0.39 is 5.91 Å². The minimum atomic E-state index is -0.532. The molecule has 0 aromatic heterocycles. The van der Waals surface area contributed by atoms with Crippen molar-refractivity contribution in [3.05, 3.63) is 60.2 Å². The molecule has 1 N–H and O–H groups in total. The number of anilines is 1. The van der Waals surface area contributed by atoms with Crippen LogP contribution in [0.25, 0.3) is 6.08 Å². The molecular weight excluding hydrogens is 372 g/mol. The summed E-state index contributed by atoms with van der Waals surface area (Å²) in [5, 5.41) is 12.1. The highest BCUT2D eigenvalue weighted by Crippen LogP contribution is 2.33. The lowest BCUT2D eigenvalue weighted by Gasteiger charge is -2.18. The third kappa shape index (κ3) is 4.87. The zero-order valence-corrected chi connectivity index (χ0v) is 15.9. The van der Waals surface area contributed by atoms with Crippen molar-refractivity contribution < 1.29 is 23.7 Å². The molecule has 0 unspecified atom stereocenters. The van der Waals surface area contributed by atoms with Crippen LogP contribution >= 0.6 is 0 Å². The van der Waals surface area contributed by atoms with Crippen LogP contribution < -0.4 is 24.3 Å². The van der Waals surface area contributed by atoms with Gasteiger partial charge in [-0.05, 0) is 35.9 Å². The van der Waals surface area contributed by atoms with Crippen LogP contribution in [-0.4, -0.2) is 32.8 Å². The second-order valence-electron chi connectivity index (χ2n) is 5.99. The Labute approximate surface area is 168 Å². The van der Waals surface area contributed by atoms with Gasteiger partial charge in [0.1, 0.15) is 31.5 Å². The maximum Gasteiger partial charge on any atom is 0.266 e. The number of carbonyl (C=O) groups is 1. The van der Waals surface area contributed by atoms with Crippen LogP contribution in [-0.2, 0) is 4.79 Å². The van der Waals surface area contributed by atoms with Gasteiger partial charge in [0.25, 0.3) is 5.91 Å². The Balaban J connectivity index is 1.78. The van der Waals surface area contributed by atoms with Gasteiger partial charge in [0, 0.05) is 11.8 Å². The fourth-order valence-corrected chi connectivity index (χ4v) is 2.68. The van der Waals surface area contributed by atoms with Crippen LogP contribution in [0.3, 0.4) is 0 Å². The molecule has 0 radical (unpaired) electrons. The summed E-state index contributed by atoms with van der Waals surface area (Å²) < 4.78 is 21.8. The largest absolute Gasteiger partial charge is 0.493 e. The first-order chi connectivity index (χ1) is 14.1. The van der Waals surface area contributed by atoms with Gasteiger partial charge in [-0.2, -0.15) is 5.26 Å². The molecule has 2 aromatic rings. The Morgan fingerprint density at radius 2 is 2.00 bits per heavy atom. The summed E-state index contributed by atoms with van der Waals surface area (Å²) in [5.41, 5.74) is 1.08. The van der Waals surface area contributed by atoms with Crippen LogP contribution in [0, 0.1) is 11.3 Å². The van der Waals surface area contributed by atoms with E-state index in [1.165, 1.54) is 13.2 Å². The summed E-state index contributed by atoms with van der Waals surface area (Å²) in [6.45, 7) is 4.88. The van der Waals surface area contributed by atoms with Gasteiger partial charge in [-0.15, -0.1) is 0 Å². The van der Waals surface area contributed by atoms with E-state index >= 15 is 0 Å². The normalized spacial score (nSPS) is 12.5. The lowest BCUT2D eigenvalue weighted by molar-refractivity contribution is -0.112. The van der Waals surface area contributed by atoms with Crippen molar-refractivity contribution in [2.24, 2.45) is 0 Å². The fraction of sp³-hybridized carbons (Fsp3) is 0.182. The molecule has 0 atom stereocenters. The minimum absolute atomic E-state index is 0.0540. The second-order valence-corrected chi connectivity index (χ2v) is 5.99. The standard InChI is InChI=1S/C22H20N2O5/c1-3-8-27-18-6-4-15(12-20(18)26-2)11-16(14-23)22(25)24-17-5-7-19-21(13-17)29-10-9-28-19/h3-7,11-13H,1,8-10H2,2H3,(H,24,25)/b16-11+. The van der Waals surface area contributed by atoms with E-state index in [-0.39, 0.29) is 5.57 Å². The number of rotatable bonds is 7. The molecular formula is C22H20N2O5. The van der Waals surface area contributed by atoms with Gasteiger partial charge >= 0.3 is 0 Å². The first-order valence-corrected chi connectivity index (χ1v) is 8.89. The van der Waals surface area contributed by atoms with Crippen LogP contribution in [0.2, 0.25) is 0 Å². The molecule has 0 spiro atoms. The van der Waals surface area contributed by atoms with Gasteiger partial charge in [-0.1, -0.05) is 18.7 Å². The van der Waals surface area contributed by atoms with Crippen molar-refractivity contribution in [3.63, 3.8) is 0 Å². The van der Waals surface area contributed by atoms with Crippen LogP contribution in [0.4, 0.5) is 5.69 Å². The molecule has 29 heavy (non-hydrogen) atoms. The number of amides is 1. The van der Waals surface area contributed by atoms with E-state index in [9.17, 15) is 10.1 Å². The number of ether oxygens (including phenoxy) is 4. The minimum Gasteiger partial charge on any atom is -0.493 e. The summed E-state index contributed by atoms with van der Waals surface area (Å²) in [6, 6.07) is 12.1.